The summed E-state index contributed by atoms with van der Waals surface area (Å²) in [6.45, 7) is 4.51. The van der Waals surface area contributed by atoms with E-state index in [4.69, 9.17) is 0 Å². The van der Waals surface area contributed by atoms with E-state index in [1.165, 1.54) is 44.3 Å². The molecular weight excluding hydrogens is 254 g/mol. The highest BCUT2D eigenvalue weighted by Crippen LogP contribution is 2.31. The van der Waals surface area contributed by atoms with Crippen molar-refractivity contribution in [2.75, 3.05) is 13.1 Å². The van der Waals surface area contributed by atoms with E-state index in [2.05, 4.69) is 24.0 Å². The van der Waals surface area contributed by atoms with Crippen LogP contribution < -0.4 is 0 Å². The van der Waals surface area contributed by atoms with Gasteiger partial charge in [0.15, 0.2) is 0 Å². The zero-order valence-corrected chi connectivity index (χ0v) is 12.5. The first-order valence-corrected chi connectivity index (χ1v) is 8.68. The molecule has 3 atom stereocenters. The van der Waals surface area contributed by atoms with Crippen molar-refractivity contribution in [2.45, 2.75) is 55.2 Å². The van der Waals surface area contributed by atoms with Gasteiger partial charge in [0.1, 0.15) is 0 Å². The van der Waals surface area contributed by atoms with E-state index >= 15 is 0 Å². The van der Waals surface area contributed by atoms with Gasteiger partial charge in [-0.25, -0.2) is 0 Å². The second kappa shape index (κ2) is 5.76. The predicted molar refractivity (Wildman–Crippen MR) is 79.8 cm³/mol. The lowest BCUT2D eigenvalue weighted by Gasteiger charge is -2.43. The molecule has 2 heterocycles. The largest absolute Gasteiger partial charge is 0.299 e. The summed E-state index contributed by atoms with van der Waals surface area (Å²) in [5.74, 6) is 0. The summed E-state index contributed by atoms with van der Waals surface area (Å²) in [6.07, 6.45) is 6.20. The molecular formula is C16H23NOS. The summed E-state index contributed by atoms with van der Waals surface area (Å²) in [6, 6.07) is 8.81. The van der Waals surface area contributed by atoms with Crippen molar-refractivity contribution in [1.82, 2.24) is 4.90 Å². The molecule has 3 heteroatoms. The third kappa shape index (κ3) is 2.77. The van der Waals surface area contributed by atoms with Crippen molar-refractivity contribution in [3.63, 3.8) is 0 Å². The van der Waals surface area contributed by atoms with Crippen LogP contribution in [0.2, 0.25) is 0 Å². The molecule has 1 unspecified atom stereocenters. The van der Waals surface area contributed by atoms with Gasteiger partial charge < -0.3 is 0 Å². The van der Waals surface area contributed by atoms with Crippen LogP contribution in [-0.4, -0.2) is 33.5 Å². The maximum atomic E-state index is 12.9. The minimum atomic E-state index is -0.838. The monoisotopic (exact) mass is 277 g/mol. The molecule has 0 aliphatic carbocycles. The highest BCUT2D eigenvalue weighted by molar-refractivity contribution is 7.85. The fourth-order valence-corrected chi connectivity index (χ4v) is 5.23. The van der Waals surface area contributed by atoms with Gasteiger partial charge in [0.2, 0.25) is 0 Å². The number of aryl methyl sites for hydroxylation is 1. The smallest absolute Gasteiger partial charge is 0.0576 e. The van der Waals surface area contributed by atoms with Gasteiger partial charge in [-0.15, -0.1) is 0 Å². The second-order valence-electron chi connectivity index (χ2n) is 5.89. The Morgan fingerprint density at radius 1 is 1.05 bits per heavy atom. The zero-order valence-electron chi connectivity index (χ0n) is 11.7. The topological polar surface area (TPSA) is 20.3 Å². The highest BCUT2D eigenvalue weighted by atomic mass is 32.2. The number of nitrogens with zero attached hydrogens (tertiary/aromatic N) is 1. The summed E-state index contributed by atoms with van der Waals surface area (Å²) in [5.41, 5.74) is 1.24. The predicted octanol–water partition coefficient (Wildman–Crippen LogP) is 3.12. The van der Waals surface area contributed by atoms with E-state index < -0.39 is 10.8 Å². The Morgan fingerprint density at radius 3 is 2.58 bits per heavy atom. The molecule has 0 spiro atoms. The Kier molecular flexibility index (Phi) is 4.04. The Bertz CT molecular complexity index is 454. The lowest BCUT2D eigenvalue weighted by molar-refractivity contribution is 0.113. The maximum absolute atomic E-state index is 12.9. The van der Waals surface area contributed by atoms with Crippen LogP contribution in [0.25, 0.3) is 0 Å². The third-order valence-electron chi connectivity index (χ3n) is 4.56. The van der Waals surface area contributed by atoms with Gasteiger partial charge in [-0.2, -0.15) is 0 Å². The molecule has 2 aliphatic heterocycles. The van der Waals surface area contributed by atoms with Gasteiger partial charge in [0, 0.05) is 10.9 Å². The first-order chi connectivity index (χ1) is 9.25. The summed E-state index contributed by atoms with van der Waals surface area (Å²) in [4.78, 5) is 3.60. The van der Waals surface area contributed by atoms with Crippen molar-refractivity contribution in [1.29, 1.82) is 0 Å². The van der Waals surface area contributed by atoms with Crippen LogP contribution in [0.15, 0.2) is 29.2 Å². The van der Waals surface area contributed by atoms with Crippen molar-refractivity contribution in [3.05, 3.63) is 29.8 Å². The molecule has 0 saturated carbocycles. The van der Waals surface area contributed by atoms with Crippen LogP contribution in [-0.2, 0) is 10.8 Å². The Balaban J connectivity index is 1.79. The van der Waals surface area contributed by atoms with E-state index in [0.717, 1.165) is 11.3 Å². The summed E-state index contributed by atoms with van der Waals surface area (Å²) in [7, 11) is -0.838. The standard InChI is InChI=1S/C16H23NOS/c1-13-7-9-14(10-8-13)19(18)16-6-4-12-17-11-3-2-5-15(16)17/h7-10,15-16H,2-6,11-12H2,1H3/t15-,16-,19?/m1/s1. The minimum absolute atomic E-state index is 0.344. The SMILES string of the molecule is Cc1ccc(S(=O)[C@@H]2CCCN3CCCC[C@H]23)cc1. The third-order valence-corrected chi connectivity index (χ3v) is 6.39. The van der Waals surface area contributed by atoms with Gasteiger partial charge in [-0.3, -0.25) is 9.11 Å². The van der Waals surface area contributed by atoms with Crippen LogP contribution in [0.1, 0.15) is 37.7 Å². The van der Waals surface area contributed by atoms with Crippen LogP contribution in [0, 0.1) is 6.92 Å². The first-order valence-electron chi connectivity index (χ1n) is 7.47. The van der Waals surface area contributed by atoms with E-state index in [9.17, 15) is 4.21 Å². The van der Waals surface area contributed by atoms with Crippen molar-refractivity contribution in [2.24, 2.45) is 0 Å². The summed E-state index contributed by atoms with van der Waals surface area (Å²) >= 11 is 0. The molecule has 104 valence electrons. The fourth-order valence-electron chi connectivity index (χ4n) is 3.50. The van der Waals surface area contributed by atoms with Gasteiger partial charge in [-0.05, 0) is 57.8 Å². The van der Waals surface area contributed by atoms with Crippen LogP contribution in [0.3, 0.4) is 0 Å². The Labute approximate surface area is 118 Å². The lowest BCUT2D eigenvalue weighted by atomic mass is 9.93. The van der Waals surface area contributed by atoms with Crippen molar-refractivity contribution in [3.8, 4) is 0 Å². The highest BCUT2D eigenvalue weighted by Gasteiger charge is 2.36. The number of benzene rings is 1. The van der Waals surface area contributed by atoms with Gasteiger partial charge in [0.25, 0.3) is 0 Å². The molecule has 2 aliphatic rings. The first kappa shape index (κ1) is 13.3. The fraction of sp³-hybridized carbons (Fsp3) is 0.625. The quantitative estimate of drug-likeness (QED) is 0.828. The average Bonchev–Trinajstić information content (AvgIpc) is 2.47. The van der Waals surface area contributed by atoms with Crippen LogP contribution in [0.4, 0.5) is 0 Å². The average molecular weight is 277 g/mol. The van der Waals surface area contributed by atoms with E-state index in [1.807, 2.05) is 12.1 Å². The Hall–Kier alpha value is -0.670. The van der Waals surface area contributed by atoms with Crippen LogP contribution >= 0.6 is 0 Å². The second-order valence-corrected chi connectivity index (χ2v) is 7.56. The van der Waals surface area contributed by atoms with Crippen molar-refractivity contribution >= 4 is 10.8 Å². The Morgan fingerprint density at radius 2 is 1.79 bits per heavy atom. The number of rotatable bonds is 2. The molecule has 0 aromatic heterocycles. The van der Waals surface area contributed by atoms with Gasteiger partial charge in [0.05, 0.1) is 16.0 Å². The van der Waals surface area contributed by atoms with E-state index in [-0.39, 0.29) is 0 Å². The lowest BCUT2D eigenvalue weighted by Crippen LogP contribution is -2.51. The summed E-state index contributed by atoms with van der Waals surface area (Å²) < 4.78 is 12.9. The van der Waals surface area contributed by atoms with Gasteiger partial charge in [-0.1, -0.05) is 24.1 Å². The molecule has 19 heavy (non-hydrogen) atoms. The van der Waals surface area contributed by atoms with E-state index in [0.29, 0.717) is 11.3 Å². The van der Waals surface area contributed by atoms with Crippen molar-refractivity contribution < 1.29 is 4.21 Å². The van der Waals surface area contributed by atoms with E-state index in [1.54, 1.807) is 0 Å². The normalized spacial score (nSPS) is 29.7. The molecule has 3 rings (SSSR count). The number of fused-ring (bicyclic) bond motifs is 1. The number of hydrogen-bond acceptors (Lipinski definition) is 2. The molecule has 0 N–H and O–H groups in total. The summed E-state index contributed by atoms with van der Waals surface area (Å²) in [5, 5.41) is 0.344. The molecule has 0 radical (unpaired) electrons. The zero-order chi connectivity index (χ0) is 13.2. The molecule has 1 aromatic carbocycles. The number of piperidine rings is 2. The van der Waals surface area contributed by atoms with Crippen LogP contribution in [0.5, 0.6) is 0 Å². The molecule has 2 fully saturated rings. The molecule has 2 saturated heterocycles. The molecule has 0 bridgehead atoms. The molecule has 0 amide bonds. The minimum Gasteiger partial charge on any atom is -0.299 e. The maximum Gasteiger partial charge on any atom is 0.0576 e. The molecule has 2 nitrogen and oxygen atoms in total. The molecule has 1 aromatic rings. The number of hydrogen-bond donors (Lipinski definition) is 0. The van der Waals surface area contributed by atoms with Gasteiger partial charge >= 0.3 is 0 Å².